The molecule has 22 heavy (non-hydrogen) atoms. The van der Waals surface area contributed by atoms with E-state index >= 15 is 0 Å². The highest BCUT2D eigenvalue weighted by atomic mass is 32.1. The Hall–Kier alpha value is -2.74. The number of amides is 1. The number of anilines is 1. The number of aromatic nitrogens is 5. The zero-order valence-electron chi connectivity index (χ0n) is 11.7. The van der Waals surface area contributed by atoms with Crippen molar-refractivity contribution in [1.29, 1.82) is 0 Å². The van der Waals surface area contributed by atoms with E-state index in [0.717, 1.165) is 10.7 Å². The molecule has 1 amide bonds. The fourth-order valence-electron chi connectivity index (χ4n) is 2.33. The van der Waals surface area contributed by atoms with Gasteiger partial charge in [-0.3, -0.25) is 9.20 Å². The van der Waals surface area contributed by atoms with Crippen LogP contribution in [0.5, 0.6) is 0 Å². The first-order valence-electron chi connectivity index (χ1n) is 6.72. The average Bonchev–Trinajstić information content (AvgIpc) is 3.12. The number of hydrogen-bond donors (Lipinski definition) is 1. The maximum absolute atomic E-state index is 12.2. The van der Waals surface area contributed by atoms with Crippen LogP contribution in [0.4, 0.5) is 5.69 Å². The van der Waals surface area contributed by atoms with Crippen molar-refractivity contribution in [2.24, 2.45) is 0 Å². The van der Waals surface area contributed by atoms with Crippen molar-refractivity contribution >= 4 is 33.5 Å². The van der Waals surface area contributed by atoms with E-state index in [1.165, 1.54) is 0 Å². The molecule has 0 aliphatic heterocycles. The molecule has 0 aromatic carbocycles. The van der Waals surface area contributed by atoms with Gasteiger partial charge in [0.05, 0.1) is 17.8 Å². The fourth-order valence-corrected chi connectivity index (χ4v) is 3.05. The van der Waals surface area contributed by atoms with Gasteiger partial charge in [0.25, 0.3) is 0 Å². The van der Waals surface area contributed by atoms with Crippen LogP contribution >= 0.6 is 11.3 Å². The first-order valence-corrected chi connectivity index (χ1v) is 7.60. The van der Waals surface area contributed by atoms with Crippen LogP contribution < -0.4 is 5.32 Å². The van der Waals surface area contributed by atoms with Crippen molar-refractivity contribution in [2.45, 2.75) is 13.3 Å². The van der Waals surface area contributed by atoms with E-state index in [4.69, 9.17) is 0 Å². The Balaban J connectivity index is 1.56. The van der Waals surface area contributed by atoms with Gasteiger partial charge in [0.2, 0.25) is 5.91 Å². The molecule has 0 aliphatic carbocycles. The largest absolute Gasteiger partial charge is 0.323 e. The number of carbonyl (C=O) groups is 1. The summed E-state index contributed by atoms with van der Waals surface area (Å²) in [7, 11) is 0. The standard InChI is InChI=1S/C14H12N6OS/c1-9-15-13-11(3-2-4-20(13)18-9)17-12(21)7-10-8-19-5-6-22-14(19)16-10/h2-6,8H,7H2,1H3,(H,17,21). The van der Waals surface area contributed by atoms with Gasteiger partial charge in [-0.25, -0.2) is 14.5 Å². The lowest BCUT2D eigenvalue weighted by Gasteiger charge is -2.04. The third-order valence-electron chi connectivity index (χ3n) is 3.23. The Morgan fingerprint density at radius 1 is 1.36 bits per heavy atom. The highest BCUT2D eigenvalue weighted by Gasteiger charge is 2.11. The van der Waals surface area contributed by atoms with Gasteiger partial charge in [0.15, 0.2) is 10.6 Å². The van der Waals surface area contributed by atoms with Crippen molar-refractivity contribution in [2.75, 3.05) is 5.32 Å². The molecular weight excluding hydrogens is 300 g/mol. The number of pyridine rings is 1. The number of fused-ring (bicyclic) bond motifs is 2. The number of aryl methyl sites for hydroxylation is 1. The van der Waals surface area contributed by atoms with Gasteiger partial charge in [-0.2, -0.15) is 5.10 Å². The van der Waals surface area contributed by atoms with Gasteiger partial charge in [0, 0.05) is 24.0 Å². The molecule has 4 heterocycles. The second kappa shape index (κ2) is 4.92. The smallest absolute Gasteiger partial charge is 0.230 e. The molecule has 0 aliphatic rings. The van der Waals surface area contributed by atoms with Crippen molar-refractivity contribution in [3.63, 3.8) is 0 Å². The highest BCUT2D eigenvalue weighted by Crippen LogP contribution is 2.16. The summed E-state index contributed by atoms with van der Waals surface area (Å²) >= 11 is 1.54. The normalized spacial score (nSPS) is 11.3. The first-order chi connectivity index (χ1) is 10.7. The van der Waals surface area contributed by atoms with Crippen LogP contribution in [-0.2, 0) is 11.2 Å². The lowest BCUT2D eigenvalue weighted by molar-refractivity contribution is -0.115. The lowest BCUT2D eigenvalue weighted by Crippen LogP contribution is -2.15. The van der Waals surface area contributed by atoms with Crippen molar-refractivity contribution in [1.82, 2.24) is 24.0 Å². The van der Waals surface area contributed by atoms with E-state index < -0.39 is 0 Å². The molecule has 0 saturated carbocycles. The van der Waals surface area contributed by atoms with Crippen molar-refractivity contribution in [3.8, 4) is 0 Å². The van der Waals surface area contributed by atoms with E-state index in [-0.39, 0.29) is 12.3 Å². The van der Waals surface area contributed by atoms with Crippen LogP contribution in [0.3, 0.4) is 0 Å². The van der Waals surface area contributed by atoms with Gasteiger partial charge in [-0.05, 0) is 19.1 Å². The molecule has 0 radical (unpaired) electrons. The molecule has 0 fully saturated rings. The minimum atomic E-state index is -0.125. The predicted molar refractivity (Wildman–Crippen MR) is 83.1 cm³/mol. The molecule has 110 valence electrons. The molecule has 0 atom stereocenters. The van der Waals surface area contributed by atoms with Crippen LogP contribution in [-0.4, -0.2) is 29.9 Å². The Labute approximate surface area is 129 Å². The van der Waals surface area contributed by atoms with E-state index in [2.05, 4.69) is 20.4 Å². The van der Waals surface area contributed by atoms with Crippen LogP contribution in [0.1, 0.15) is 11.5 Å². The van der Waals surface area contributed by atoms with Crippen LogP contribution in [0.15, 0.2) is 36.1 Å². The topological polar surface area (TPSA) is 76.6 Å². The molecule has 0 bridgehead atoms. The molecule has 4 aromatic rings. The SMILES string of the molecule is Cc1nc2c(NC(=O)Cc3cn4ccsc4n3)cccn2n1. The van der Waals surface area contributed by atoms with Crippen molar-refractivity contribution < 1.29 is 4.79 Å². The molecular formula is C14H12N6OS. The molecule has 4 rings (SSSR count). The number of thiazole rings is 1. The molecule has 1 N–H and O–H groups in total. The predicted octanol–water partition coefficient (Wildman–Crippen LogP) is 1.93. The number of hydrogen-bond acceptors (Lipinski definition) is 5. The van der Waals surface area contributed by atoms with E-state index in [1.807, 2.05) is 41.2 Å². The number of imidazole rings is 1. The van der Waals surface area contributed by atoms with Gasteiger partial charge in [0.1, 0.15) is 5.82 Å². The quantitative estimate of drug-likeness (QED) is 0.627. The summed E-state index contributed by atoms with van der Waals surface area (Å²) in [5, 5.41) is 9.06. The first kappa shape index (κ1) is 13.0. The molecule has 0 unspecified atom stereocenters. The summed E-state index contributed by atoms with van der Waals surface area (Å²) in [6.45, 7) is 1.82. The molecule has 0 spiro atoms. The van der Waals surface area contributed by atoms with Gasteiger partial charge < -0.3 is 5.32 Å². The third-order valence-corrected chi connectivity index (χ3v) is 4.00. The summed E-state index contributed by atoms with van der Waals surface area (Å²) in [5.74, 6) is 0.538. The van der Waals surface area contributed by atoms with E-state index in [0.29, 0.717) is 17.2 Å². The fraction of sp³-hybridized carbons (Fsp3) is 0.143. The molecule has 7 nitrogen and oxygen atoms in total. The zero-order chi connectivity index (χ0) is 15.1. The van der Waals surface area contributed by atoms with Crippen LogP contribution in [0.25, 0.3) is 10.6 Å². The summed E-state index contributed by atoms with van der Waals surface area (Å²) < 4.78 is 3.56. The third kappa shape index (κ3) is 2.23. The minimum Gasteiger partial charge on any atom is -0.323 e. The average molecular weight is 312 g/mol. The molecule has 8 heteroatoms. The second-order valence-corrected chi connectivity index (χ2v) is 5.77. The Morgan fingerprint density at radius 3 is 3.14 bits per heavy atom. The summed E-state index contributed by atoms with van der Waals surface area (Å²) in [5.41, 5.74) is 2.03. The maximum Gasteiger partial charge on any atom is 0.230 e. The summed E-state index contributed by atoms with van der Waals surface area (Å²) in [6, 6.07) is 3.64. The van der Waals surface area contributed by atoms with Gasteiger partial charge in [-0.1, -0.05) is 0 Å². The number of nitrogens with one attached hydrogen (secondary N) is 1. The Bertz CT molecular complexity index is 953. The Kier molecular flexibility index (Phi) is 2.90. The van der Waals surface area contributed by atoms with Crippen LogP contribution in [0.2, 0.25) is 0 Å². The van der Waals surface area contributed by atoms with Crippen LogP contribution in [0, 0.1) is 6.92 Å². The highest BCUT2D eigenvalue weighted by molar-refractivity contribution is 7.15. The van der Waals surface area contributed by atoms with Gasteiger partial charge >= 0.3 is 0 Å². The number of nitrogens with zero attached hydrogens (tertiary/aromatic N) is 5. The number of rotatable bonds is 3. The molecule has 4 aromatic heterocycles. The lowest BCUT2D eigenvalue weighted by atomic mass is 10.3. The minimum absolute atomic E-state index is 0.125. The maximum atomic E-state index is 12.2. The zero-order valence-corrected chi connectivity index (χ0v) is 12.5. The monoisotopic (exact) mass is 312 g/mol. The second-order valence-electron chi connectivity index (χ2n) is 4.90. The van der Waals surface area contributed by atoms with E-state index in [9.17, 15) is 4.79 Å². The van der Waals surface area contributed by atoms with E-state index in [1.54, 1.807) is 22.0 Å². The van der Waals surface area contributed by atoms with Gasteiger partial charge in [-0.15, -0.1) is 11.3 Å². The van der Waals surface area contributed by atoms with Crippen molar-refractivity contribution in [3.05, 3.63) is 47.6 Å². The Morgan fingerprint density at radius 2 is 2.27 bits per heavy atom. The summed E-state index contributed by atoms with van der Waals surface area (Å²) in [4.78, 5) is 21.8. The summed E-state index contributed by atoms with van der Waals surface area (Å²) in [6.07, 6.45) is 5.82. The number of carbonyl (C=O) groups excluding carboxylic acids is 1. The molecule has 0 saturated heterocycles.